The van der Waals surface area contributed by atoms with Crippen LogP contribution in [0.15, 0.2) is 24.3 Å². The van der Waals surface area contributed by atoms with Crippen LogP contribution in [0.1, 0.15) is 11.1 Å². The van der Waals surface area contributed by atoms with Crippen LogP contribution in [0, 0.1) is 5.82 Å². The van der Waals surface area contributed by atoms with Crippen LogP contribution in [0.4, 0.5) is 17.6 Å². The molecule has 0 fully saturated rings. The van der Waals surface area contributed by atoms with E-state index in [-0.39, 0.29) is 5.56 Å². The van der Waals surface area contributed by atoms with E-state index in [9.17, 15) is 22.4 Å². The molecule has 0 unspecified atom stereocenters. The first kappa shape index (κ1) is 12.2. The lowest BCUT2D eigenvalue weighted by Crippen LogP contribution is -2.07. The minimum absolute atomic E-state index is 0.339. The van der Waals surface area contributed by atoms with E-state index in [2.05, 4.69) is 0 Å². The van der Waals surface area contributed by atoms with E-state index in [0.717, 1.165) is 12.2 Å². The summed E-state index contributed by atoms with van der Waals surface area (Å²) in [5.41, 5.74) is 3.42. The zero-order valence-corrected chi connectivity index (χ0v) is 7.88. The Morgan fingerprint density at radius 2 is 1.94 bits per heavy atom. The summed E-state index contributed by atoms with van der Waals surface area (Å²) >= 11 is 0. The van der Waals surface area contributed by atoms with Crippen LogP contribution in [-0.4, -0.2) is 5.91 Å². The first-order chi connectivity index (χ1) is 7.30. The molecule has 1 rings (SSSR count). The van der Waals surface area contributed by atoms with Gasteiger partial charge in [-0.1, -0.05) is 0 Å². The third-order valence-corrected chi connectivity index (χ3v) is 1.75. The van der Waals surface area contributed by atoms with Gasteiger partial charge in [-0.25, -0.2) is 4.39 Å². The van der Waals surface area contributed by atoms with Crippen LogP contribution in [-0.2, 0) is 11.0 Å². The second-order valence-electron chi connectivity index (χ2n) is 2.97. The molecule has 0 aliphatic carbocycles. The molecule has 86 valence electrons. The van der Waals surface area contributed by atoms with Crippen molar-refractivity contribution in [2.45, 2.75) is 6.18 Å². The Labute approximate surface area is 88.4 Å². The monoisotopic (exact) mass is 233 g/mol. The third kappa shape index (κ3) is 3.08. The minimum Gasteiger partial charge on any atom is -0.366 e. The molecule has 0 saturated heterocycles. The smallest absolute Gasteiger partial charge is 0.366 e. The Bertz CT molecular complexity index is 437. The van der Waals surface area contributed by atoms with E-state index in [1.54, 1.807) is 0 Å². The van der Waals surface area contributed by atoms with Crippen molar-refractivity contribution in [3.05, 3.63) is 41.2 Å². The largest absolute Gasteiger partial charge is 0.416 e. The highest BCUT2D eigenvalue weighted by atomic mass is 19.4. The molecule has 0 bridgehead atoms. The second-order valence-corrected chi connectivity index (χ2v) is 2.97. The van der Waals surface area contributed by atoms with E-state index < -0.39 is 23.5 Å². The standard InChI is InChI=1S/C10H7F4NO/c11-8-3-2-7(10(12,13)14)5-6(8)1-4-9(15)16/h1-5H,(H2,15,16)/b4-1-. The van der Waals surface area contributed by atoms with Gasteiger partial charge in [0.2, 0.25) is 5.91 Å². The quantitative estimate of drug-likeness (QED) is 0.618. The third-order valence-electron chi connectivity index (χ3n) is 1.75. The molecule has 0 radical (unpaired) electrons. The van der Waals surface area contributed by atoms with Crippen molar-refractivity contribution in [2.75, 3.05) is 0 Å². The van der Waals surface area contributed by atoms with Gasteiger partial charge >= 0.3 is 6.18 Å². The van der Waals surface area contributed by atoms with Crippen LogP contribution in [0.3, 0.4) is 0 Å². The molecule has 0 aromatic heterocycles. The number of halogens is 4. The summed E-state index contributed by atoms with van der Waals surface area (Å²) in [5, 5.41) is 0. The van der Waals surface area contributed by atoms with Gasteiger partial charge in [-0.3, -0.25) is 4.79 Å². The molecule has 2 nitrogen and oxygen atoms in total. The summed E-state index contributed by atoms with van der Waals surface area (Å²) in [6, 6.07) is 1.91. The van der Waals surface area contributed by atoms with E-state index in [0.29, 0.717) is 18.2 Å². The number of hydrogen-bond acceptors (Lipinski definition) is 1. The van der Waals surface area contributed by atoms with Crippen LogP contribution in [0.5, 0.6) is 0 Å². The van der Waals surface area contributed by atoms with Crippen molar-refractivity contribution >= 4 is 12.0 Å². The first-order valence-electron chi connectivity index (χ1n) is 4.15. The Hall–Kier alpha value is -1.85. The molecule has 1 aromatic carbocycles. The molecule has 0 aliphatic heterocycles. The van der Waals surface area contributed by atoms with Gasteiger partial charge in [0.05, 0.1) is 5.56 Å². The van der Waals surface area contributed by atoms with Crippen molar-refractivity contribution < 1.29 is 22.4 Å². The summed E-state index contributed by atoms with van der Waals surface area (Å²) in [4.78, 5) is 10.4. The number of carbonyl (C=O) groups excluding carboxylic acids is 1. The molecule has 0 atom stereocenters. The van der Waals surface area contributed by atoms with Gasteiger partial charge in [-0.15, -0.1) is 0 Å². The first-order valence-corrected chi connectivity index (χ1v) is 4.15. The SMILES string of the molecule is NC(=O)/C=C\c1cc(C(F)(F)F)ccc1F. The molecular weight excluding hydrogens is 226 g/mol. The average Bonchev–Trinajstić information content (AvgIpc) is 2.14. The lowest BCUT2D eigenvalue weighted by Gasteiger charge is -2.07. The minimum atomic E-state index is -4.55. The van der Waals surface area contributed by atoms with Gasteiger partial charge in [0, 0.05) is 11.6 Å². The van der Waals surface area contributed by atoms with Crippen LogP contribution < -0.4 is 5.73 Å². The number of amides is 1. The van der Waals surface area contributed by atoms with E-state index in [1.807, 2.05) is 0 Å². The van der Waals surface area contributed by atoms with Crippen LogP contribution in [0.25, 0.3) is 6.08 Å². The molecule has 16 heavy (non-hydrogen) atoms. The summed E-state index contributed by atoms with van der Waals surface area (Å²) in [6.07, 6.45) is -2.87. The van der Waals surface area contributed by atoms with Gasteiger partial charge in [-0.2, -0.15) is 13.2 Å². The highest BCUT2D eigenvalue weighted by Gasteiger charge is 2.30. The van der Waals surface area contributed by atoms with Gasteiger partial charge in [0.25, 0.3) is 0 Å². The summed E-state index contributed by atoms with van der Waals surface area (Å²) < 4.78 is 49.8. The average molecular weight is 233 g/mol. The molecule has 0 saturated carbocycles. The maximum atomic E-state index is 13.0. The maximum Gasteiger partial charge on any atom is 0.416 e. The normalized spacial score (nSPS) is 12.0. The highest BCUT2D eigenvalue weighted by molar-refractivity contribution is 5.90. The predicted octanol–water partition coefficient (Wildman–Crippen LogP) is 2.34. The number of nitrogens with two attached hydrogens (primary N) is 1. The lowest BCUT2D eigenvalue weighted by atomic mass is 10.1. The Kier molecular flexibility index (Phi) is 3.31. The number of carbonyl (C=O) groups is 1. The van der Waals surface area contributed by atoms with E-state index >= 15 is 0 Å². The number of rotatable bonds is 2. The molecule has 2 N–H and O–H groups in total. The molecule has 1 aromatic rings. The molecule has 0 aliphatic rings. The fourth-order valence-corrected chi connectivity index (χ4v) is 1.02. The topological polar surface area (TPSA) is 43.1 Å². The Morgan fingerprint density at radius 1 is 1.31 bits per heavy atom. The van der Waals surface area contributed by atoms with E-state index in [4.69, 9.17) is 5.73 Å². The predicted molar refractivity (Wildman–Crippen MR) is 49.6 cm³/mol. The van der Waals surface area contributed by atoms with Crippen molar-refractivity contribution in [1.82, 2.24) is 0 Å². The van der Waals surface area contributed by atoms with Crippen molar-refractivity contribution in [1.29, 1.82) is 0 Å². The molecule has 1 amide bonds. The van der Waals surface area contributed by atoms with Gasteiger partial charge < -0.3 is 5.73 Å². The van der Waals surface area contributed by atoms with E-state index in [1.165, 1.54) is 0 Å². The Balaban J connectivity index is 3.14. The number of primary amides is 1. The lowest BCUT2D eigenvalue weighted by molar-refractivity contribution is -0.137. The molecular formula is C10H7F4NO. The van der Waals surface area contributed by atoms with Gasteiger partial charge in [-0.05, 0) is 24.3 Å². The number of benzene rings is 1. The van der Waals surface area contributed by atoms with Gasteiger partial charge in [0.15, 0.2) is 0 Å². The molecule has 0 heterocycles. The number of hydrogen-bond donors (Lipinski definition) is 1. The van der Waals surface area contributed by atoms with Crippen molar-refractivity contribution in [2.24, 2.45) is 5.73 Å². The zero-order valence-electron chi connectivity index (χ0n) is 7.88. The fraction of sp³-hybridized carbons (Fsp3) is 0.100. The van der Waals surface area contributed by atoms with Crippen LogP contribution >= 0.6 is 0 Å². The number of alkyl halides is 3. The Morgan fingerprint density at radius 3 is 2.44 bits per heavy atom. The van der Waals surface area contributed by atoms with Crippen molar-refractivity contribution in [3.8, 4) is 0 Å². The fourth-order valence-electron chi connectivity index (χ4n) is 1.02. The molecule has 6 heteroatoms. The summed E-state index contributed by atoms with van der Waals surface area (Å²) in [5.74, 6) is -1.72. The second kappa shape index (κ2) is 4.34. The van der Waals surface area contributed by atoms with Gasteiger partial charge in [0.1, 0.15) is 5.82 Å². The summed E-state index contributed by atoms with van der Waals surface area (Å²) in [7, 11) is 0. The molecule has 0 spiro atoms. The maximum absolute atomic E-state index is 13.0. The summed E-state index contributed by atoms with van der Waals surface area (Å²) in [6.45, 7) is 0. The zero-order chi connectivity index (χ0) is 12.3. The highest BCUT2D eigenvalue weighted by Crippen LogP contribution is 2.30. The van der Waals surface area contributed by atoms with Crippen LogP contribution in [0.2, 0.25) is 0 Å². The van der Waals surface area contributed by atoms with Crippen molar-refractivity contribution in [3.63, 3.8) is 0 Å².